The van der Waals surface area contributed by atoms with Gasteiger partial charge in [-0.3, -0.25) is 14.4 Å². The molecule has 1 aromatic heterocycles. The highest BCUT2D eigenvalue weighted by molar-refractivity contribution is 5.87. The van der Waals surface area contributed by atoms with Gasteiger partial charge in [0.15, 0.2) is 24.6 Å². The summed E-state index contributed by atoms with van der Waals surface area (Å²) in [5.41, 5.74) is 0.470. The van der Waals surface area contributed by atoms with Crippen LogP contribution in [0.2, 0.25) is 0 Å². The van der Waals surface area contributed by atoms with Crippen LogP contribution in [0.3, 0.4) is 0 Å². The summed E-state index contributed by atoms with van der Waals surface area (Å²) in [5, 5.41) is 0. The SMILES string of the molecule is COC(=O)c1cccc(CO[C@@H]2O[C@@H](C)[C@H](OC(C)=O)[C@@H](OC(C)=O)[C@H]2OC(C)=O)n1. The Kier molecular flexibility index (Phi) is 8.46. The Morgan fingerprint density at radius 3 is 2.10 bits per heavy atom. The van der Waals surface area contributed by atoms with E-state index in [9.17, 15) is 19.2 Å². The van der Waals surface area contributed by atoms with Crippen LogP contribution in [-0.4, -0.2) is 66.7 Å². The second-order valence-corrected chi connectivity index (χ2v) is 6.75. The predicted molar refractivity (Wildman–Crippen MR) is 101 cm³/mol. The number of nitrogens with zero attached hydrogens (tertiary/aromatic N) is 1. The first-order chi connectivity index (χ1) is 14.6. The molecule has 11 nitrogen and oxygen atoms in total. The average molecular weight is 439 g/mol. The zero-order valence-electron chi connectivity index (χ0n) is 17.9. The molecule has 11 heteroatoms. The number of aromatic nitrogens is 1. The van der Waals surface area contributed by atoms with Gasteiger partial charge in [0.05, 0.1) is 25.5 Å². The third kappa shape index (κ3) is 6.72. The number of esters is 4. The van der Waals surface area contributed by atoms with Crippen molar-refractivity contribution in [2.45, 2.75) is 65.0 Å². The fourth-order valence-electron chi connectivity index (χ4n) is 3.05. The van der Waals surface area contributed by atoms with Crippen molar-refractivity contribution in [3.63, 3.8) is 0 Å². The van der Waals surface area contributed by atoms with Crippen molar-refractivity contribution in [1.29, 1.82) is 0 Å². The molecule has 0 aromatic carbocycles. The van der Waals surface area contributed by atoms with E-state index in [1.54, 1.807) is 19.1 Å². The molecular weight excluding hydrogens is 414 g/mol. The molecule has 5 atom stereocenters. The van der Waals surface area contributed by atoms with E-state index in [4.69, 9.17) is 23.7 Å². The lowest BCUT2D eigenvalue weighted by molar-refractivity contribution is -0.303. The summed E-state index contributed by atoms with van der Waals surface area (Å²) in [6.45, 7) is 5.02. The molecule has 2 rings (SSSR count). The standard InChI is InChI=1S/C20H25NO10/c1-10-16(29-11(2)22)17(30-12(3)23)18(31-13(4)24)20(28-10)27-9-14-7-6-8-15(21-14)19(25)26-5/h6-8,10,16-18,20H,9H2,1-5H3/t10-,16-,17+,18+,20+/m0/s1. The predicted octanol–water partition coefficient (Wildman–Crippen LogP) is 0.925. The van der Waals surface area contributed by atoms with Crippen molar-refractivity contribution in [1.82, 2.24) is 4.98 Å². The number of methoxy groups -OCH3 is 1. The van der Waals surface area contributed by atoms with Gasteiger partial charge < -0.3 is 28.4 Å². The zero-order valence-corrected chi connectivity index (χ0v) is 17.9. The fraction of sp³-hybridized carbons (Fsp3) is 0.550. The first-order valence-corrected chi connectivity index (χ1v) is 9.45. The Morgan fingerprint density at radius 1 is 0.935 bits per heavy atom. The van der Waals surface area contributed by atoms with Crippen LogP contribution in [0.5, 0.6) is 0 Å². The quantitative estimate of drug-likeness (QED) is 0.443. The Hall–Kier alpha value is -3.05. The van der Waals surface area contributed by atoms with Crippen LogP contribution < -0.4 is 0 Å². The van der Waals surface area contributed by atoms with Crippen LogP contribution in [0.25, 0.3) is 0 Å². The van der Waals surface area contributed by atoms with Gasteiger partial charge in [0, 0.05) is 20.8 Å². The Labute approximate surface area is 178 Å². The maximum atomic E-state index is 11.7. The van der Waals surface area contributed by atoms with E-state index in [0.29, 0.717) is 5.69 Å². The third-order valence-corrected chi connectivity index (χ3v) is 4.23. The van der Waals surface area contributed by atoms with Crippen molar-refractivity contribution in [2.24, 2.45) is 0 Å². The van der Waals surface area contributed by atoms with Crippen LogP contribution in [0.4, 0.5) is 0 Å². The van der Waals surface area contributed by atoms with E-state index in [2.05, 4.69) is 9.72 Å². The van der Waals surface area contributed by atoms with Crippen LogP contribution >= 0.6 is 0 Å². The molecule has 31 heavy (non-hydrogen) atoms. The van der Waals surface area contributed by atoms with Gasteiger partial charge in [-0.1, -0.05) is 6.07 Å². The molecule has 1 fully saturated rings. The van der Waals surface area contributed by atoms with Crippen LogP contribution in [-0.2, 0) is 49.4 Å². The molecule has 0 radical (unpaired) electrons. The van der Waals surface area contributed by atoms with Crippen molar-refractivity contribution >= 4 is 23.9 Å². The lowest BCUT2D eigenvalue weighted by atomic mass is 9.99. The molecule has 0 bridgehead atoms. The number of carbonyl (C=O) groups is 4. The normalized spacial score (nSPS) is 25.3. The molecule has 0 aliphatic carbocycles. The van der Waals surface area contributed by atoms with E-state index in [1.165, 1.54) is 33.9 Å². The Morgan fingerprint density at radius 2 is 1.52 bits per heavy atom. The summed E-state index contributed by atoms with van der Waals surface area (Å²) in [4.78, 5) is 50.7. The summed E-state index contributed by atoms with van der Waals surface area (Å²) < 4.78 is 32.0. The molecule has 1 saturated heterocycles. The first kappa shape index (κ1) is 24.2. The molecule has 0 N–H and O–H groups in total. The van der Waals surface area contributed by atoms with E-state index in [1.807, 2.05) is 0 Å². The second kappa shape index (κ2) is 10.8. The monoisotopic (exact) mass is 439 g/mol. The van der Waals surface area contributed by atoms with E-state index in [-0.39, 0.29) is 12.3 Å². The van der Waals surface area contributed by atoms with Crippen LogP contribution in [0, 0.1) is 0 Å². The molecular formula is C20H25NO10. The van der Waals surface area contributed by atoms with Gasteiger partial charge in [-0.05, 0) is 19.1 Å². The Balaban J connectivity index is 2.25. The molecule has 0 unspecified atom stereocenters. The van der Waals surface area contributed by atoms with Gasteiger partial charge in [0.1, 0.15) is 5.69 Å². The van der Waals surface area contributed by atoms with Crippen LogP contribution in [0.1, 0.15) is 43.9 Å². The first-order valence-electron chi connectivity index (χ1n) is 9.45. The number of hydrogen-bond acceptors (Lipinski definition) is 11. The maximum Gasteiger partial charge on any atom is 0.356 e. The van der Waals surface area contributed by atoms with Gasteiger partial charge in [-0.2, -0.15) is 0 Å². The van der Waals surface area contributed by atoms with Gasteiger partial charge in [-0.25, -0.2) is 9.78 Å². The van der Waals surface area contributed by atoms with Crippen LogP contribution in [0.15, 0.2) is 18.2 Å². The summed E-state index contributed by atoms with van der Waals surface area (Å²) in [6, 6.07) is 4.70. The number of rotatable bonds is 7. The Bertz CT molecular complexity index is 826. The third-order valence-electron chi connectivity index (χ3n) is 4.23. The lowest BCUT2D eigenvalue weighted by Gasteiger charge is -2.43. The van der Waals surface area contributed by atoms with Gasteiger partial charge in [0.2, 0.25) is 0 Å². The zero-order chi connectivity index (χ0) is 23.1. The summed E-state index contributed by atoms with van der Waals surface area (Å²) in [7, 11) is 1.24. The molecule has 170 valence electrons. The molecule has 1 aromatic rings. The summed E-state index contributed by atoms with van der Waals surface area (Å²) in [5.74, 6) is -2.58. The number of carbonyl (C=O) groups excluding carboxylic acids is 4. The number of hydrogen-bond donors (Lipinski definition) is 0. The van der Waals surface area contributed by atoms with Gasteiger partial charge in [0.25, 0.3) is 0 Å². The molecule has 2 heterocycles. The van der Waals surface area contributed by atoms with Gasteiger partial charge in [-0.15, -0.1) is 0 Å². The second-order valence-electron chi connectivity index (χ2n) is 6.75. The number of ether oxygens (including phenoxy) is 6. The minimum Gasteiger partial charge on any atom is -0.464 e. The highest BCUT2D eigenvalue weighted by atomic mass is 16.7. The molecule has 0 saturated carbocycles. The molecule has 1 aliphatic heterocycles. The van der Waals surface area contributed by atoms with Crippen molar-refractivity contribution in [3.05, 3.63) is 29.6 Å². The highest BCUT2D eigenvalue weighted by Gasteiger charge is 2.50. The van der Waals surface area contributed by atoms with E-state index >= 15 is 0 Å². The maximum absolute atomic E-state index is 11.7. The molecule has 1 aliphatic rings. The topological polar surface area (TPSA) is 137 Å². The lowest BCUT2D eigenvalue weighted by Crippen LogP contribution is -2.61. The highest BCUT2D eigenvalue weighted by Crippen LogP contribution is 2.29. The van der Waals surface area contributed by atoms with Gasteiger partial charge >= 0.3 is 23.9 Å². The van der Waals surface area contributed by atoms with Crippen molar-refractivity contribution in [2.75, 3.05) is 7.11 Å². The van der Waals surface area contributed by atoms with E-state index < -0.39 is 54.6 Å². The summed E-state index contributed by atoms with van der Waals surface area (Å²) >= 11 is 0. The molecule has 0 amide bonds. The number of pyridine rings is 1. The van der Waals surface area contributed by atoms with Crippen molar-refractivity contribution < 1.29 is 47.6 Å². The molecule has 0 spiro atoms. The minimum absolute atomic E-state index is 0.0887. The smallest absolute Gasteiger partial charge is 0.356 e. The largest absolute Gasteiger partial charge is 0.464 e. The van der Waals surface area contributed by atoms with E-state index in [0.717, 1.165) is 0 Å². The fourth-order valence-corrected chi connectivity index (χ4v) is 3.05. The minimum atomic E-state index is -1.22. The average Bonchev–Trinajstić information content (AvgIpc) is 2.70. The van der Waals surface area contributed by atoms with Crippen molar-refractivity contribution in [3.8, 4) is 0 Å². The summed E-state index contributed by atoms with van der Waals surface area (Å²) in [6.07, 6.45) is -5.32.